The van der Waals surface area contributed by atoms with Gasteiger partial charge in [0.05, 0.1) is 10.6 Å². The average Bonchev–Trinajstić information content (AvgIpc) is 3.13. The number of hydrogen-bond donors (Lipinski definition) is 2. The first-order valence-electron chi connectivity index (χ1n) is 8.20. The van der Waals surface area contributed by atoms with E-state index in [9.17, 15) is 4.79 Å². The van der Waals surface area contributed by atoms with Gasteiger partial charge in [-0.05, 0) is 50.0 Å². The maximum absolute atomic E-state index is 12.1. The van der Waals surface area contributed by atoms with Crippen LogP contribution in [0.15, 0.2) is 36.5 Å². The van der Waals surface area contributed by atoms with Crippen LogP contribution in [0.5, 0.6) is 11.6 Å². The van der Waals surface area contributed by atoms with Gasteiger partial charge in [0, 0.05) is 18.8 Å². The van der Waals surface area contributed by atoms with Crippen molar-refractivity contribution in [3.05, 3.63) is 52.1 Å². The Balaban J connectivity index is 0.00000182. The number of rotatable bonds is 6. The van der Waals surface area contributed by atoms with Crippen molar-refractivity contribution in [1.29, 1.82) is 0 Å². The van der Waals surface area contributed by atoms with E-state index in [1.807, 2.05) is 0 Å². The van der Waals surface area contributed by atoms with Crippen LogP contribution >= 0.6 is 48.0 Å². The van der Waals surface area contributed by atoms with E-state index in [0.717, 1.165) is 19.5 Å². The number of benzene rings is 1. The molecule has 1 aliphatic rings. The lowest BCUT2D eigenvalue weighted by molar-refractivity contribution is 0.0951. The molecule has 1 aromatic carbocycles. The highest BCUT2D eigenvalue weighted by Crippen LogP contribution is 2.33. The number of hydrogen-bond acceptors (Lipinski definition) is 4. The van der Waals surface area contributed by atoms with Crippen LogP contribution in [0.2, 0.25) is 10.0 Å². The van der Waals surface area contributed by atoms with Crippen molar-refractivity contribution in [2.45, 2.75) is 12.8 Å². The summed E-state index contributed by atoms with van der Waals surface area (Å²) in [6.07, 6.45) is 3.65. The second-order valence-electron chi connectivity index (χ2n) is 5.94. The van der Waals surface area contributed by atoms with Crippen LogP contribution in [0.3, 0.4) is 0 Å². The number of nitrogens with zero attached hydrogens (tertiary/aromatic N) is 1. The Morgan fingerprint density at radius 1 is 1.26 bits per heavy atom. The fourth-order valence-electron chi connectivity index (χ4n) is 2.70. The zero-order valence-electron chi connectivity index (χ0n) is 14.4. The Morgan fingerprint density at radius 3 is 2.74 bits per heavy atom. The molecule has 3 rings (SSSR count). The summed E-state index contributed by atoms with van der Waals surface area (Å²) in [6, 6.07) is 8.43. The van der Waals surface area contributed by atoms with Gasteiger partial charge in [-0.3, -0.25) is 4.79 Å². The number of ether oxygens (including phenoxy) is 1. The third kappa shape index (κ3) is 6.70. The maximum Gasteiger partial charge on any atom is 0.252 e. The molecular formula is C18H21Cl4N3O2. The molecular weight excluding hydrogens is 432 g/mol. The molecule has 0 aliphatic carbocycles. The highest BCUT2D eigenvalue weighted by atomic mass is 35.5. The largest absolute Gasteiger partial charge is 0.437 e. The maximum atomic E-state index is 12.1. The van der Waals surface area contributed by atoms with Crippen LogP contribution in [-0.2, 0) is 0 Å². The molecule has 148 valence electrons. The Labute approximate surface area is 181 Å². The smallest absolute Gasteiger partial charge is 0.252 e. The summed E-state index contributed by atoms with van der Waals surface area (Å²) in [5, 5.41) is 6.98. The molecule has 2 N–H and O–H groups in total. The van der Waals surface area contributed by atoms with E-state index < -0.39 is 0 Å². The summed E-state index contributed by atoms with van der Waals surface area (Å²) in [4.78, 5) is 16.3. The molecule has 1 unspecified atom stereocenters. The van der Waals surface area contributed by atoms with E-state index in [1.54, 1.807) is 30.3 Å². The molecule has 9 heteroatoms. The highest BCUT2D eigenvalue weighted by molar-refractivity contribution is 6.42. The first-order chi connectivity index (χ1) is 12.1. The van der Waals surface area contributed by atoms with Crippen LogP contribution < -0.4 is 15.4 Å². The highest BCUT2D eigenvalue weighted by Gasteiger charge is 2.15. The van der Waals surface area contributed by atoms with Crippen LogP contribution in [0.25, 0.3) is 0 Å². The number of carbonyl (C=O) groups excluding carboxylic acids is 1. The standard InChI is InChI=1S/C18H19Cl2N3O2.2ClH/c19-14-2-1-3-15(17(14)20)25-16-5-4-13(11-23-16)18(24)22-9-7-12-6-8-21-10-12;;/h1-5,11-12,21H,6-10H2,(H,22,24);2*1H. The molecule has 1 amide bonds. The molecule has 1 aromatic heterocycles. The lowest BCUT2D eigenvalue weighted by Crippen LogP contribution is -2.26. The van der Waals surface area contributed by atoms with E-state index in [-0.39, 0.29) is 30.7 Å². The van der Waals surface area contributed by atoms with Gasteiger partial charge in [0.2, 0.25) is 5.88 Å². The first-order valence-corrected chi connectivity index (χ1v) is 8.96. The third-order valence-electron chi connectivity index (χ3n) is 4.13. The summed E-state index contributed by atoms with van der Waals surface area (Å²) >= 11 is 12.0. The second kappa shape index (κ2) is 11.6. The minimum atomic E-state index is -0.134. The van der Waals surface area contributed by atoms with Gasteiger partial charge >= 0.3 is 0 Å². The fraction of sp³-hybridized carbons (Fsp3) is 0.333. The number of nitrogens with one attached hydrogen (secondary N) is 2. The number of aromatic nitrogens is 1. The van der Waals surface area contributed by atoms with Gasteiger partial charge in [-0.25, -0.2) is 4.98 Å². The van der Waals surface area contributed by atoms with E-state index in [2.05, 4.69) is 15.6 Å². The van der Waals surface area contributed by atoms with Gasteiger partial charge < -0.3 is 15.4 Å². The van der Waals surface area contributed by atoms with Crippen molar-refractivity contribution in [1.82, 2.24) is 15.6 Å². The predicted octanol–water partition coefficient (Wildman–Crippen LogP) is 4.75. The summed E-state index contributed by atoms with van der Waals surface area (Å²) < 4.78 is 5.61. The van der Waals surface area contributed by atoms with Crippen molar-refractivity contribution in [2.75, 3.05) is 19.6 Å². The van der Waals surface area contributed by atoms with Gasteiger partial charge in [0.25, 0.3) is 5.91 Å². The van der Waals surface area contributed by atoms with Crippen LogP contribution in [0.1, 0.15) is 23.2 Å². The Bertz CT molecular complexity index is 738. The molecule has 1 atom stereocenters. The average molecular weight is 453 g/mol. The molecule has 2 aromatic rings. The fourth-order valence-corrected chi connectivity index (χ4v) is 3.03. The summed E-state index contributed by atoms with van der Waals surface area (Å²) in [6.45, 7) is 2.78. The van der Waals surface area contributed by atoms with Gasteiger partial charge in [-0.1, -0.05) is 29.3 Å². The van der Waals surface area contributed by atoms with Crippen LogP contribution in [0, 0.1) is 5.92 Å². The molecule has 1 saturated heterocycles. The molecule has 1 aliphatic heterocycles. The molecule has 0 radical (unpaired) electrons. The van der Waals surface area contributed by atoms with Crippen molar-refractivity contribution in [2.24, 2.45) is 5.92 Å². The van der Waals surface area contributed by atoms with Gasteiger partial charge in [0.15, 0.2) is 0 Å². The Hall–Kier alpha value is -1.24. The summed E-state index contributed by atoms with van der Waals surface area (Å²) in [7, 11) is 0. The number of halogens is 4. The van der Waals surface area contributed by atoms with E-state index >= 15 is 0 Å². The lowest BCUT2D eigenvalue weighted by Gasteiger charge is -2.10. The predicted molar refractivity (Wildman–Crippen MR) is 113 cm³/mol. The number of amides is 1. The first kappa shape index (κ1) is 23.8. The normalized spacial score (nSPS) is 15.4. The topological polar surface area (TPSA) is 63.2 Å². The molecule has 0 spiro atoms. The van der Waals surface area contributed by atoms with Crippen LogP contribution in [-0.4, -0.2) is 30.5 Å². The quantitative estimate of drug-likeness (QED) is 0.663. The minimum Gasteiger partial charge on any atom is -0.437 e. The molecule has 2 heterocycles. The van der Waals surface area contributed by atoms with Crippen molar-refractivity contribution < 1.29 is 9.53 Å². The van der Waals surface area contributed by atoms with Crippen molar-refractivity contribution >= 4 is 53.9 Å². The van der Waals surface area contributed by atoms with Crippen molar-refractivity contribution in [3.8, 4) is 11.6 Å². The molecule has 0 saturated carbocycles. The van der Waals surface area contributed by atoms with E-state index in [4.69, 9.17) is 27.9 Å². The monoisotopic (exact) mass is 451 g/mol. The Morgan fingerprint density at radius 2 is 2.07 bits per heavy atom. The summed E-state index contributed by atoms with van der Waals surface area (Å²) in [5.41, 5.74) is 0.495. The zero-order valence-corrected chi connectivity index (χ0v) is 17.6. The van der Waals surface area contributed by atoms with Gasteiger partial charge in [0.1, 0.15) is 10.8 Å². The zero-order chi connectivity index (χ0) is 17.6. The number of pyridine rings is 1. The number of carbonyl (C=O) groups is 1. The Kier molecular flexibility index (Phi) is 10.2. The van der Waals surface area contributed by atoms with Crippen LogP contribution in [0.4, 0.5) is 0 Å². The van der Waals surface area contributed by atoms with E-state index in [1.165, 1.54) is 12.6 Å². The van der Waals surface area contributed by atoms with Crippen molar-refractivity contribution in [3.63, 3.8) is 0 Å². The lowest BCUT2D eigenvalue weighted by atomic mass is 10.1. The molecule has 0 bridgehead atoms. The molecule has 27 heavy (non-hydrogen) atoms. The third-order valence-corrected chi connectivity index (χ3v) is 4.93. The molecule has 5 nitrogen and oxygen atoms in total. The minimum absolute atomic E-state index is 0. The summed E-state index contributed by atoms with van der Waals surface area (Å²) in [5.74, 6) is 1.28. The SMILES string of the molecule is Cl.Cl.O=C(NCCC1CCNC1)c1ccc(Oc2cccc(Cl)c2Cl)nc1. The second-order valence-corrected chi connectivity index (χ2v) is 6.73. The van der Waals surface area contributed by atoms with Gasteiger partial charge in [-0.2, -0.15) is 0 Å². The molecule has 1 fully saturated rings. The van der Waals surface area contributed by atoms with E-state index in [0.29, 0.717) is 39.7 Å². The van der Waals surface area contributed by atoms with Gasteiger partial charge in [-0.15, -0.1) is 24.8 Å².